The summed E-state index contributed by atoms with van der Waals surface area (Å²) in [6, 6.07) is 14.6. The van der Waals surface area contributed by atoms with Gasteiger partial charge in [-0.15, -0.1) is 0 Å². The van der Waals surface area contributed by atoms with Crippen LogP contribution in [-0.4, -0.2) is 32.0 Å². The average Bonchev–Trinajstić information content (AvgIpc) is 3.34. The van der Waals surface area contributed by atoms with Crippen molar-refractivity contribution in [3.63, 3.8) is 0 Å². The third-order valence-corrected chi connectivity index (χ3v) is 8.02. The molecule has 118 valence electrons. The average molecular weight is 393 g/mol. The number of nitrogens with zero attached hydrogens (tertiary/aromatic N) is 1. The molecule has 1 saturated carbocycles. The molecular formula is C16H14N2O3SSe. The maximum absolute atomic E-state index is 12.4. The molecule has 0 unspecified atom stereocenters. The second-order valence-electron chi connectivity index (χ2n) is 5.58. The first-order chi connectivity index (χ1) is 11.0. The van der Waals surface area contributed by atoms with Crippen molar-refractivity contribution in [1.29, 1.82) is 0 Å². The molecule has 1 heterocycles. The van der Waals surface area contributed by atoms with E-state index in [1.807, 2.05) is 24.3 Å². The summed E-state index contributed by atoms with van der Waals surface area (Å²) >= 11 is -0.0806. The zero-order valence-electron chi connectivity index (χ0n) is 12.1. The van der Waals surface area contributed by atoms with Crippen molar-refractivity contribution in [3.05, 3.63) is 58.9 Å². The Kier molecular flexibility index (Phi) is 3.44. The summed E-state index contributed by atoms with van der Waals surface area (Å²) in [5.41, 5.74) is 1.34. The zero-order chi connectivity index (χ0) is 16.0. The number of rotatable bonds is 4. The number of sulfonamides is 1. The second-order valence-corrected chi connectivity index (χ2v) is 9.61. The van der Waals surface area contributed by atoms with Crippen LogP contribution in [0.5, 0.6) is 0 Å². The summed E-state index contributed by atoms with van der Waals surface area (Å²) in [6.45, 7) is 0. The van der Waals surface area contributed by atoms with Crippen molar-refractivity contribution in [2.75, 3.05) is 4.72 Å². The molecule has 1 fully saturated rings. The van der Waals surface area contributed by atoms with E-state index in [4.69, 9.17) is 0 Å². The van der Waals surface area contributed by atoms with E-state index in [1.165, 1.54) is 0 Å². The van der Waals surface area contributed by atoms with E-state index < -0.39 is 10.0 Å². The number of hydrogen-bond acceptors (Lipinski definition) is 3. The van der Waals surface area contributed by atoms with Gasteiger partial charge < -0.3 is 0 Å². The minimum atomic E-state index is -3.25. The fourth-order valence-electron chi connectivity index (χ4n) is 2.43. The van der Waals surface area contributed by atoms with Crippen molar-refractivity contribution in [2.24, 2.45) is 0 Å². The topological polar surface area (TPSA) is 68.2 Å². The van der Waals surface area contributed by atoms with E-state index >= 15 is 0 Å². The fraction of sp³-hybridized carbons (Fsp3) is 0.188. The van der Waals surface area contributed by atoms with E-state index in [-0.39, 0.29) is 25.5 Å². The van der Waals surface area contributed by atoms with Crippen molar-refractivity contribution >= 4 is 40.1 Å². The Morgan fingerprint density at radius 3 is 2.39 bits per heavy atom. The Hall–Kier alpha value is -1.82. The number of hydrogen-bond donors (Lipinski definition) is 1. The molecule has 1 aliphatic rings. The maximum atomic E-state index is 12.4. The molecule has 4 rings (SSSR count). The summed E-state index contributed by atoms with van der Waals surface area (Å²) in [6.07, 6.45) is 1.47. The van der Waals surface area contributed by atoms with Crippen molar-refractivity contribution in [3.8, 4) is 5.69 Å². The summed E-state index contributed by atoms with van der Waals surface area (Å²) < 4.78 is 29.3. The fourth-order valence-corrected chi connectivity index (χ4v) is 5.92. The van der Waals surface area contributed by atoms with Crippen LogP contribution in [0.25, 0.3) is 15.3 Å². The van der Waals surface area contributed by atoms with E-state index in [1.54, 1.807) is 27.8 Å². The van der Waals surface area contributed by atoms with Gasteiger partial charge in [-0.2, -0.15) is 0 Å². The molecule has 3 aromatic rings. The summed E-state index contributed by atoms with van der Waals surface area (Å²) in [5, 5.41) is 0.506. The predicted molar refractivity (Wildman–Crippen MR) is 92.0 cm³/mol. The second kappa shape index (κ2) is 5.37. The van der Waals surface area contributed by atoms with E-state index in [0.717, 1.165) is 28.2 Å². The van der Waals surface area contributed by atoms with Crippen LogP contribution in [0.4, 0.5) is 5.69 Å². The number of aromatic nitrogens is 1. The SMILES string of the molecule is O=c1c2ccccc2[se]n1-c1ccc(NS(=O)(=O)C2CC2)cc1. The van der Waals surface area contributed by atoms with Gasteiger partial charge in [0.25, 0.3) is 0 Å². The van der Waals surface area contributed by atoms with Crippen molar-refractivity contribution < 1.29 is 8.42 Å². The van der Waals surface area contributed by atoms with Crippen LogP contribution in [0.15, 0.2) is 53.3 Å². The van der Waals surface area contributed by atoms with Gasteiger partial charge >= 0.3 is 139 Å². The van der Waals surface area contributed by atoms with Gasteiger partial charge in [0, 0.05) is 0 Å². The van der Waals surface area contributed by atoms with Crippen LogP contribution in [0, 0.1) is 0 Å². The van der Waals surface area contributed by atoms with Crippen molar-refractivity contribution in [2.45, 2.75) is 18.1 Å². The van der Waals surface area contributed by atoms with Gasteiger partial charge in [0.05, 0.1) is 0 Å². The molecule has 1 N–H and O–H groups in total. The molecule has 23 heavy (non-hydrogen) atoms. The number of benzene rings is 2. The van der Waals surface area contributed by atoms with Crippen LogP contribution >= 0.6 is 0 Å². The van der Waals surface area contributed by atoms with Crippen LogP contribution < -0.4 is 10.3 Å². The molecule has 0 radical (unpaired) electrons. The quantitative estimate of drug-likeness (QED) is 0.689. The van der Waals surface area contributed by atoms with E-state index in [2.05, 4.69) is 4.72 Å². The summed E-state index contributed by atoms with van der Waals surface area (Å²) in [5.74, 6) is 0. The van der Waals surface area contributed by atoms with Gasteiger partial charge in [0.2, 0.25) is 0 Å². The van der Waals surface area contributed by atoms with Crippen LogP contribution in [-0.2, 0) is 10.0 Å². The first-order valence-electron chi connectivity index (χ1n) is 7.28. The first-order valence-corrected chi connectivity index (χ1v) is 10.4. The Bertz CT molecular complexity index is 1030. The van der Waals surface area contributed by atoms with Gasteiger partial charge in [-0.25, -0.2) is 0 Å². The third kappa shape index (κ3) is 2.76. The number of fused-ring (bicyclic) bond motifs is 1. The molecule has 0 amide bonds. The minimum absolute atomic E-state index is 0.00640. The van der Waals surface area contributed by atoms with E-state index in [9.17, 15) is 13.2 Å². The van der Waals surface area contributed by atoms with Gasteiger partial charge in [0.15, 0.2) is 0 Å². The van der Waals surface area contributed by atoms with Gasteiger partial charge in [-0.3, -0.25) is 0 Å². The van der Waals surface area contributed by atoms with E-state index in [0.29, 0.717) is 5.69 Å². The Balaban J connectivity index is 1.67. The molecule has 0 bridgehead atoms. The Labute approximate surface area is 139 Å². The molecule has 0 spiro atoms. The van der Waals surface area contributed by atoms with Gasteiger partial charge in [-0.05, 0) is 0 Å². The standard InChI is InChI=1S/C16H14N2O3SSe/c19-16-14-3-1-2-4-15(14)23-18(16)12-7-5-11(6-8-12)17-22(20,21)13-9-10-13/h1-8,13,17H,9-10H2. The van der Waals surface area contributed by atoms with Crippen molar-refractivity contribution in [1.82, 2.24) is 3.56 Å². The first kappa shape index (κ1) is 14.8. The number of anilines is 1. The summed E-state index contributed by atoms with van der Waals surface area (Å²) in [7, 11) is -3.25. The van der Waals surface area contributed by atoms with Gasteiger partial charge in [0.1, 0.15) is 0 Å². The Morgan fingerprint density at radius 1 is 1.04 bits per heavy atom. The number of nitrogens with one attached hydrogen (secondary N) is 1. The monoisotopic (exact) mass is 394 g/mol. The summed E-state index contributed by atoms with van der Waals surface area (Å²) in [4.78, 5) is 12.4. The molecule has 0 saturated heterocycles. The molecule has 7 heteroatoms. The third-order valence-electron chi connectivity index (χ3n) is 3.82. The van der Waals surface area contributed by atoms with Gasteiger partial charge in [-0.1, -0.05) is 0 Å². The molecule has 5 nitrogen and oxygen atoms in total. The molecular weight excluding hydrogens is 379 g/mol. The molecule has 2 aromatic carbocycles. The van der Waals surface area contributed by atoms with Crippen LogP contribution in [0.3, 0.4) is 0 Å². The Morgan fingerprint density at radius 2 is 1.74 bits per heavy atom. The molecule has 1 aromatic heterocycles. The van der Waals surface area contributed by atoms with Crippen LogP contribution in [0.1, 0.15) is 12.8 Å². The molecule has 0 atom stereocenters. The normalized spacial score (nSPS) is 15.0. The molecule has 1 aliphatic carbocycles. The zero-order valence-corrected chi connectivity index (χ0v) is 14.6. The van der Waals surface area contributed by atoms with Crippen LogP contribution in [0.2, 0.25) is 0 Å². The predicted octanol–water partition coefficient (Wildman–Crippen LogP) is 1.95. The molecule has 0 aliphatic heterocycles.